The maximum absolute atomic E-state index is 12.8. The first-order chi connectivity index (χ1) is 13.2. The third-order valence-electron chi connectivity index (χ3n) is 4.06. The highest BCUT2D eigenvalue weighted by Gasteiger charge is 2.19. The van der Waals surface area contributed by atoms with Gasteiger partial charge in [-0.3, -0.25) is 9.78 Å². The van der Waals surface area contributed by atoms with Crippen LogP contribution < -0.4 is 5.32 Å². The van der Waals surface area contributed by atoms with E-state index >= 15 is 0 Å². The lowest BCUT2D eigenvalue weighted by Crippen LogP contribution is -2.24. The molecule has 0 bridgehead atoms. The van der Waals surface area contributed by atoms with Crippen LogP contribution in [-0.2, 0) is 6.54 Å². The maximum atomic E-state index is 12.8. The molecule has 0 unspecified atom stereocenters. The number of carbonyl (C=O) groups is 1. The van der Waals surface area contributed by atoms with Crippen LogP contribution in [0.1, 0.15) is 16.1 Å². The topological polar surface area (TPSA) is 64.7 Å². The summed E-state index contributed by atoms with van der Waals surface area (Å²) in [7, 11) is 0. The molecule has 1 N–H and O–H groups in total. The first-order valence-corrected chi connectivity index (χ1v) is 8.75. The second kappa shape index (κ2) is 7.47. The molecule has 3 heterocycles. The molecule has 6 nitrogen and oxygen atoms in total. The van der Waals surface area contributed by atoms with E-state index in [4.69, 9.17) is 11.6 Å². The number of benzene rings is 1. The van der Waals surface area contributed by atoms with Crippen LogP contribution in [0.25, 0.3) is 11.5 Å². The summed E-state index contributed by atoms with van der Waals surface area (Å²) in [5, 5.41) is 7.97. The van der Waals surface area contributed by atoms with Gasteiger partial charge in [-0.25, -0.2) is 4.68 Å². The summed E-state index contributed by atoms with van der Waals surface area (Å²) in [6, 6.07) is 16.7. The van der Waals surface area contributed by atoms with Crippen LogP contribution in [0.15, 0.2) is 79.4 Å². The summed E-state index contributed by atoms with van der Waals surface area (Å²) < 4.78 is 3.57. The van der Waals surface area contributed by atoms with Gasteiger partial charge in [-0.2, -0.15) is 5.10 Å². The van der Waals surface area contributed by atoms with Crippen molar-refractivity contribution < 1.29 is 4.79 Å². The SMILES string of the molecule is O=C(NCc1ccccn1)c1cnn(-c2ccc(Cl)cc2)c1-n1cccc1. The molecule has 0 spiro atoms. The van der Waals surface area contributed by atoms with E-state index in [1.54, 1.807) is 29.2 Å². The van der Waals surface area contributed by atoms with Crippen LogP contribution in [0.5, 0.6) is 0 Å². The van der Waals surface area contributed by atoms with Crippen molar-refractivity contribution in [2.24, 2.45) is 0 Å². The molecule has 134 valence electrons. The number of nitrogens with one attached hydrogen (secondary N) is 1. The Kier molecular flexibility index (Phi) is 4.72. The molecule has 0 atom stereocenters. The highest BCUT2D eigenvalue weighted by molar-refractivity contribution is 6.30. The van der Waals surface area contributed by atoms with Crippen molar-refractivity contribution >= 4 is 17.5 Å². The quantitative estimate of drug-likeness (QED) is 0.577. The summed E-state index contributed by atoms with van der Waals surface area (Å²) in [6.45, 7) is 0.344. The molecule has 0 aliphatic heterocycles. The van der Waals surface area contributed by atoms with Crippen molar-refractivity contribution in [3.63, 3.8) is 0 Å². The van der Waals surface area contributed by atoms with Gasteiger partial charge in [0.15, 0.2) is 5.82 Å². The second-order valence-electron chi connectivity index (χ2n) is 5.86. The Morgan fingerprint density at radius 3 is 2.52 bits per heavy atom. The van der Waals surface area contributed by atoms with Gasteiger partial charge in [0.05, 0.1) is 24.1 Å². The first kappa shape index (κ1) is 17.1. The largest absolute Gasteiger partial charge is 0.346 e. The zero-order valence-electron chi connectivity index (χ0n) is 14.3. The van der Waals surface area contributed by atoms with E-state index in [-0.39, 0.29) is 5.91 Å². The van der Waals surface area contributed by atoms with Crippen LogP contribution in [-0.4, -0.2) is 25.2 Å². The summed E-state index contributed by atoms with van der Waals surface area (Å²) in [5.41, 5.74) is 2.07. The summed E-state index contributed by atoms with van der Waals surface area (Å²) in [5.74, 6) is 0.436. The number of hydrogen-bond acceptors (Lipinski definition) is 3. The van der Waals surface area contributed by atoms with Crippen LogP contribution in [0.2, 0.25) is 5.02 Å². The average Bonchev–Trinajstić information content (AvgIpc) is 3.37. The Morgan fingerprint density at radius 1 is 1.04 bits per heavy atom. The van der Waals surface area contributed by atoms with Crippen molar-refractivity contribution in [2.45, 2.75) is 6.54 Å². The fourth-order valence-corrected chi connectivity index (χ4v) is 2.89. The van der Waals surface area contributed by atoms with Crippen LogP contribution in [0.3, 0.4) is 0 Å². The summed E-state index contributed by atoms with van der Waals surface area (Å²) in [6.07, 6.45) is 7.01. The van der Waals surface area contributed by atoms with Crippen molar-refractivity contribution in [3.05, 3.63) is 95.7 Å². The van der Waals surface area contributed by atoms with Crippen LogP contribution >= 0.6 is 11.6 Å². The van der Waals surface area contributed by atoms with Gasteiger partial charge < -0.3 is 9.88 Å². The Labute approximate surface area is 161 Å². The van der Waals surface area contributed by atoms with Gasteiger partial charge >= 0.3 is 0 Å². The molecule has 7 heteroatoms. The fraction of sp³-hybridized carbons (Fsp3) is 0.0500. The molecule has 0 saturated heterocycles. The van der Waals surface area contributed by atoms with E-state index in [1.807, 2.05) is 59.4 Å². The Hall–Kier alpha value is -3.38. The van der Waals surface area contributed by atoms with E-state index in [2.05, 4.69) is 15.4 Å². The number of hydrogen-bond donors (Lipinski definition) is 1. The molecule has 27 heavy (non-hydrogen) atoms. The summed E-state index contributed by atoms with van der Waals surface area (Å²) in [4.78, 5) is 17.0. The molecular formula is C20H16ClN5O. The lowest BCUT2D eigenvalue weighted by atomic mass is 10.2. The lowest BCUT2D eigenvalue weighted by molar-refractivity contribution is 0.0950. The van der Waals surface area contributed by atoms with Gasteiger partial charge in [-0.15, -0.1) is 0 Å². The van der Waals surface area contributed by atoms with Crippen molar-refractivity contribution in [1.82, 2.24) is 24.6 Å². The molecule has 0 fully saturated rings. The number of pyridine rings is 1. The molecule has 1 amide bonds. The Bertz CT molecular complexity index is 1040. The smallest absolute Gasteiger partial charge is 0.257 e. The number of aromatic nitrogens is 4. The highest BCUT2D eigenvalue weighted by Crippen LogP contribution is 2.21. The van der Waals surface area contributed by atoms with Crippen LogP contribution in [0.4, 0.5) is 0 Å². The normalized spacial score (nSPS) is 10.7. The van der Waals surface area contributed by atoms with Gasteiger partial charge in [0, 0.05) is 23.6 Å². The molecule has 4 aromatic rings. The van der Waals surface area contributed by atoms with Gasteiger partial charge in [-0.1, -0.05) is 17.7 Å². The molecule has 0 aliphatic carbocycles. The number of rotatable bonds is 5. The minimum absolute atomic E-state index is 0.218. The average molecular weight is 378 g/mol. The predicted octanol–water partition coefficient (Wildman–Crippen LogP) is 3.64. The van der Waals surface area contributed by atoms with E-state index in [1.165, 1.54) is 0 Å². The van der Waals surface area contributed by atoms with Crippen molar-refractivity contribution in [3.8, 4) is 11.5 Å². The third-order valence-corrected chi connectivity index (χ3v) is 4.32. The van der Waals surface area contributed by atoms with Crippen LogP contribution in [0, 0.1) is 0 Å². The van der Waals surface area contributed by atoms with Gasteiger partial charge in [0.2, 0.25) is 0 Å². The van der Waals surface area contributed by atoms with E-state index in [9.17, 15) is 4.79 Å². The Morgan fingerprint density at radius 2 is 1.81 bits per heavy atom. The molecule has 0 saturated carbocycles. The van der Waals surface area contributed by atoms with E-state index in [0.717, 1.165) is 11.4 Å². The van der Waals surface area contributed by atoms with Crippen molar-refractivity contribution in [2.75, 3.05) is 0 Å². The van der Waals surface area contributed by atoms with Gasteiger partial charge in [-0.05, 0) is 48.5 Å². The monoisotopic (exact) mass is 377 g/mol. The lowest BCUT2D eigenvalue weighted by Gasteiger charge is -2.11. The van der Waals surface area contributed by atoms with Gasteiger partial charge in [0.1, 0.15) is 5.56 Å². The standard InChI is InChI=1S/C20H16ClN5O/c21-15-6-8-17(9-7-15)26-20(25-11-3-4-12-25)18(14-24-26)19(27)23-13-16-5-1-2-10-22-16/h1-12,14H,13H2,(H,23,27). The number of halogens is 1. The molecule has 4 rings (SSSR count). The molecule has 1 aromatic carbocycles. The predicted molar refractivity (Wildman–Crippen MR) is 103 cm³/mol. The first-order valence-electron chi connectivity index (χ1n) is 8.38. The minimum Gasteiger partial charge on any atom is -0.346 e. The second-order valence-corrected chi connectivity index (χ2v) is 6.30. The minimum atomic E-state index is -0.218. The van der Waals surface area contributed by atoms with E-state index < -0.39 is 0 Å². The number of carbonyl (C=O) groups excluding carboxylic acids is 1. The number of amides is 1. The molecule has 0 aliphatic rings. The molecule has 3 aromatic heterocycles. The van der Waals surface area contributed by atoms with E-state index in [0.29, 0.717) is 22.9 Å². The zero-order chi connectivity index (χ0) is 18.6. The third kappa shape index (κ3) is 3.61. The summed E-state index contributed by atoms with van der Waals surface area (Å²) >= 11 is 5.99. The maximum Gasteiger partial charge on any atom is 0.257 e. The molecular weight excluding hydrogens is 362 g/mol. The Balaban J connectivity index is 1.68. The van der Waals surface area contributed by atoms with Gasteiger partial charge in [0.25, 0.3) is 5.91 Å². The highest BCUT2D eigenvalue weighted by atomic mass is 35.5. The zero-order valence-corrected chi connectivity index (χ0v) is 15.0. The molecule has 0 radical (unpaired) electrons. The van der Waals surface area contributed by atoms with Crippen molar-refractivity contribution in [1.29, 1.82) is 0 Å². The number of nitrogens with zero attached hydrogens (tertiary/aromatic N) is 4. The fourth-order valence-electron chi connectivity index (χ4n) is 2.77.